The van der Waals surface area contributed by atoms with Crippen LogP contribution < -0.4 is 11.1 Å². The Labute approximate surface area is 114 Å². The van der Waals surface area contributed by atoms with Crippen LogP contribution in [0, 0.1) is 12.8 Å². The summed E-state index contributed by atoms with van der Waals surface area (Å²) < 4.78 is 5.51. The molecule has 1 aromatic carbocycles. The number of nitrogens with one attached hydrogen (secondary N) is 1. The number of ether oxygens (including phenoxy) is 1. The van der Waals surface area contributed by atoms with Crippen molar-refractivity contribution in [2.75, 3.05) is 25.5 Å². The normalized spacial score (nSPS) is 14.4. The van der Waals surface area contributed by atoms with Gasteiger partial charge in [0.25, 0.3) is 5.91 Å². The minimum absolute atomic E-state index is 0.0751. The van der Waals surface area contributed by atoms with Crippen molar-refractivity contribution < 1.29 is 9.53 Å². The molecule has 0 aromatic heterocycles. The van der Waals surface area contributed by atoms with Gasteiger partial charge in [0.15, 0.2) is 0 Å². The molecular weight excluding hydrogens is 240 g/mol. The SMILES string of the molecule is Cc1ccc(C(=O)NCCCOCC2CC2)cc1N. The van der Waals surface area contributed by atoms with Gasteiger partial charge >= 0.3 is 0 Å². The zero-order valence-corrected chi connectivity index (χ0v) is 11.4. The summed E-state index contributed by atoms with van der Waals surface area (Å²) in [4.78, 5) is 11.9. The van der Waals surface area contributed by atoms with E-state index in [1.807, 2.05) is 13.0 Å². The lowest BCUT2D eigenvalue weighted by Gasteiger charge is -2.07. The number of nitrogen functional groups attached to an aromatic ring is 1. The molecule has 0 bridgehead atoms. The van der Waals surface area contributed by atoms with Crippen molar-refractivity contribution in [1.82, 2.24) is 5.32 Å². The number of rotatable bonds is 7. The van der Waals surface area contributed by atoms with Crippen LogP contribution >= 0.6 is 0 Å². The van der Waals surface area contributed by atoms with Crippen LogP contribution in [0.3, 0.4) is 0 Å². The van der Waals surface area contributed by atoms with Crippen LogP contribution in [0.2, 0.25) is 0 Å². The molecule has 4 heteroatoms. The molecule has 1 amide bonds. The van der Waals surface area contributed by atoms with E-state index in [2.05, 4.69) is 5.32 Å². The average molecular weight is 262 g/mol. The van der Waals surface area contributed by atoms with Gasteiger partial charge in [-0.15, -0.1) is 0 Å². The molecule has 1 aliphatic rings. The highest BCUT2D eigenvalue weighted by molar-refractivity contribution is 5.95. The summed E-state index contributed by atoms with van der Waals surface area (Å²) in [5, 5.41) is 2.87. The topological polar surface area (TPSA) is 64.3 Å². The number of benzene rings is 1. The first-order valence-corrected chi connectivity index (χ1v) is 6.89. The third-order valence-corrected chi connectivity index (χ3v) is 3.34. The monoisotopic (exact) mass is 262 g/mol. The molecule has 0 radical (unpaired) electrons. The summed E-state index contributed by atoms with van der Waals surface area (Å²) in [5.74, 6) is 0.721. The van der Waals surface area contributed by atoms with Gasteiger partial charge in [-0.25, -0.2) is 0 Å². The van der Waals surface area contributed by atoms with Crippen molar-refractivity contribution in [3.05, 3.63) is 29.3 Å². The number of hydrogen-bond acceptors (Lipinski definition) is 3. The second-order valence-corrected chi connectivity index (χ2v) is 5.20. The Morgan fingerprint density at radius 2 is 2.26 bits per heavy atom. The molecular formula is C15H22N2O2. The van der Waals surface area contributed by atoms with Gasteiger partial charge in [-0.2, -0.15) is 0 Å². The number of carbonyl (C=O) groups excluding carboxylic acids is 1. The Kier molecular flexibility index (Phi) is 4.80. The molecule has 1 aromatic rings. The van der Waals surface area contributed by atoms with E-state index in [1.165, 1.54) is 12.8 Å². The van der Waals surface area contributed by atoms with E-state index < -0.39 is 0 Å². The molecule has 3 N–H and O–H groups in total. The Hall–Kier alpha value is -1.55. The molecule has 0 saturated heterocycles. The lowest BCUT2D eigenvalue weighted by atomic mass is 10.1. The fourth-order valence-electron chi connectivity index (χ4n) is 1.79. The van der Waals surface area contributed by atoms with Gasteiger partial charge in [-0.1, -0.05) is 6.07 Å². The van der Waals surface area contributed by atoms with Gasteiger partial charge in [0.1, 0.15) is 0 Å². The predicted octanol–water partition coefficient (Wildman–Crippen LogP) is 2.12. The van der Waals surface area contributed by atoms with Crippen LogP contribution in [0.5, 0.6) is 0 Å². The van der Waals surface area contributed by atoms with E-state index in [0.717, 1.165) is 24.5 Å². The van der Waals surface area contributed by atoms with Crippen molar-refractivity contribution in [3.63, 3.8) is 0 Å². The Morgan fingerprint density at radius 3 is 2.95 bits per heavy atom. The molecule has 0 aliphatic heterocycles. The van der Waals surface area contributed by atoms with Gasteiger partial charge in [0.2, 0.25) is 0 Å². The highest BCUT2D eigenvalue weighted by atomic mass is 16.5. The zero-order valence-electron chi connectivity index (χ0n) is 11.4. The molecule has 0 heterocycles. The van der Waals surface area contributed by atoms with Crippen molar-refractivity contribution in [3.8, 4) is 0 Å². The van der Waals surface area contributed by atoms with Gasteiger partial charge in [0, 0.05) is 31.0 Å². The maximum Gasteiger partial charge on any atom is 0.251 e. The third kappa shape index (κ3) is 4.56. The summed E-state index contributed by atoms with van der Waals surface area (Å²) in [5.41, 5.74) is 8.04. The van der Waals surface area contributed by atoms with Crippen LogP contribution in [-0.4, -0.2) is 25.7 Å². The van der Waals surface area contributed by atoms with E-state index in [1.54, 1.807) is 12.1 Å². The summed E-state index contributed by atoms with van der Waals surface area (Å²) >= 11 is 0. The molecule has 1 aliphatic carbocycles. The molecule has 104 valence electrons. The summed E-state index contributed by atoms with van der Waals surface area (Å²) in [6, 6.07) is 5.38. The van der Waals surface area contributed by atoms with E-state index in [0.29, 0.717) is 24.4 Å². The molecule has 0 unspecified atom stereocenters. The fraction of sp³-hybridized carbons (Fsp3) is 0.533. The van der Waals surface area contributed by atoms with E-state index >= 15 is 0 Å². The number of amides is 1. The van der Waals surface area contributed by atoms with Gasteiger partial charge in [-0.05, 0) is 49.8 Å². The minimum atomic E-state index is -0.0751. The molecule has 0 atom stereocenters. The second-order valence-electron chi connectivity index (χ2n) is 5.20. The molecule has 1 saturated carbocycles. The third-order valence-electron chi connectivity index (χ3n) is 3.34. The van der Waals surface area contributed by atoms with Crippen LogP contribution in [0.15, 0.2) is 18.2 Å². The number of carbonyl (C=O) groups is 1. The first-order chi connectivity index (χ1) is 9.16. The van der Waals surface area contributed by atoms with E-state index in [4.69, 9.17) is 10.5 Å². The average Bonchev–Trinajstić information content (AvgIpc) is 3.20. The van der Waals surface area contributed by atoms with E-state index in [9.17, 15) is 4.79 Å². The summed E-state index contributed by atoms with van der Waals surface area (Å²) in [6.45, 7) is 4.15. The van der Waals surface area contributed by atoms with E-state index in [-0.39, 0.29) is 5.91 Å². The van der Waals surface area contributed by atoms with Crippen LogP contribution in [-0.2, 0) is 4.74 Å². The maximum atomic E-state index is 11.9. The number of anilines is 1. The van der Waals surface area contributed by atoms with Gasteiger partial charge in [0.05, 0.1) is 0 Å². The quantitative estimate of drug-likeness (QED) is 0.584. The second kappa shape index (κ2) is 6.57. The Balaban J connectivity index is 1.63. The summed E-state index contributed by atoms with van der Waals surface area (Å²) in [6.07, 6.45) is 3.47. The molecule has 1 fully saturated rings. The summed E-state index contributed by atoms with van der Waals surface area (Å²) in [7, 11) is 0. The predicted molar refractivity (Wildman–Crippen MR) is 76.1 cm³/mol. The lowest BCUT2D eigenvalue weighted by molar-refractivity contribution is 0.0937. The smallest absolute Gasteiger partial charge is 0.251 e. The highest BCUT2D eigenvalue weighted by Crippen LogP contribution is 2.28. The van der Waals surface area contributed by atoms with Crippen molar-refractivity contribution >= 4 is 11.6 Å². The maximum absolute atomic E-state index is 11.9. The lowest BCUT2D eigenvalue weighted by Crippen LogP contribution is -2.25. The molecule has 19 heavy (non-hydrogen) atoms. The minimum Gasteiger partial charge on any atom is -0.398 e. The molecule has 4 nitrogen and oxygen atoms in total. The standard InChI is InChI=1S/C15H22N2O2/c1-11-3-6-13(9-14(11)16)15(18)17-7-2-8-19-10-12-4-5-12/h3,6,9,12H,2,4-5,7-8,10,16H2,1H3,(H,17,18). The highest BCUT2D eigenvalue weighted by Gasteiger charge is 2.20. The largest absolute Gasteiger partial charge is 0.398 e. The van der Waals surface area contributed by atoms with Crippen LogP contribution in [0.1, 0.15) is 35.2 Å². The van der Waals surface area contributed by atoms with Crippen molar-refractivity contribution in [1.29, 1.82) is 0 Å². The van der Waals surface area contributed by atoms with Crippen LogP contribution in [0.4, 0.5) is 5.69 Å². The Morgan fingerprint density at radius 1 is 1.47 bits per heavy atom. The van der Waals surface area contributed by atoms with Gasteiger partial charge < -0.3 is 15.8 Å². The number of nitrogens with two attached hydrogens (primary N) is 1. The van der Waals surface area contributed by atoms with Crippen LogP contribution in [0.25, 0.3) is 0 Å². The Bertz CT molecular complexity index is 442. The van der Waals surface area contributed by atoms with Gasteiger partial charge in [-0.3, -0.25) is 4.79 Å². The zero-order chi connectivity index (χ0) is 13.7. The first-order valence-electron chi connectivity index (χ1n) is 6.89. The number of hydrogen-bond donors (Lipinski definition) is 2. The van der Waals surface area contributed by atoms with Crippen molar-refractivity contribution in [2.45, 2.75) is 26.2 Å². The molecule has 0 spiro atoms. The fourth-order valence-corrected chi connectivity index (χ4v) is 1.79. The molecule has 2 rings (SSSR count). The first kappa shape index (κ1) is 13.9. The number of aryl methyl sites for hydroxylation is 1. The van der Waals surface area contributed by atoms with Crippen molar-refractivity contribution in [2.24, 2.45) is 5.92 Å².